The molecule has 5 nitrogen and oxygen atoms in total. The third-order valence-electron chi connectivity index (χ3n) is 3.03. The molecule has 2 heterocycles. The zero-order chi connectivity index (χ0) is 13.9. The molecule has 0 aliphatic carbocycles. The summed E-state index contributed by atoms with van der Waals surface area (Å²) in [5.74, 6) is 2.20. The van der Waals surface area contributed by atoms with Crippen molar-refractivity contribution in [3.8, 4) is 22.8 Å². The summed E-state index contributed by atoms with van der Waals surface area (Å²) in [4.78, 5) is 0. The summed E-state index contributed by atoms with van der Waals surface area (Å²) in [7, 11) is 0. The van der Waals surface area contributed by atoms with Crippen LogP contribution in [0.5, 0.6) is 11.5 Å². The molecule has 0 amide bonds. The van der Waals surface area contributed by atoms with Crippen molar-refractivity contribution in [2.24, 2.45) is 0 Å². The van der Waals surface area contributed by atoms with Crippen LogP contribution in [0.4, 0.5) is 0 Å². The van der Waals surface area contributed by atoms with Crippen LogP contribution < -0.4 is 9.47 Å². The van der Waals surface area contributed by atoms with Crippen molar-refractivity contribution >= 4 is 15.9 Å². The fraction of sp³-hybridized carbons (Fsp3) is 0.357. The van der Waals surface area contributed by atoms with Gasteiger partial charge in [-0.15, -0.1) is 0 Å². The lowest BCUT2D eigenvalue weighted by Crippen LogP contribution is -2.15. The number of halogens is 1. The standard InChI is InChI=1S/C14H14BrNO4/c15-11-6-9(7-13-14(11)19-5-4-18-13)12-8-10(20-16-12)2-1-3-17/h6-8,17H,1-5H2. The van der Waals surface area contributed by atoms with E-state index in [1.54, 1.807) is 0 Å². The third kappa shape index (κ3) is 2.66. The summed E-state index contributed by atoms with van der Waals surface area (Å²) in [6, 6.07) is 5.71. The Morgan fingerprint density at radius 1 is 1.20 bits per heavy atom. The van der Waals surface area contributed by atoms with Crippen LogP contribution in [-0.4, -0.2) is 30.1 Å². The molecule has 0 bridgehead atoms. The number of aliphatic hydroxyl groups is 1. The number of fused-ring (bicyclic) bond motifs is 1. The van der Waals surface area contributed by atoms with Gasteiger partial charge in [-0.1, -0.05) is 5.16 Å². The predicted molar refractivity (Wildman–Crippen MR) is 76.0 cm³/mol. The van der Waals surface area contributed by atoms with Crippen molar-refractivity contribution in [1.82, 2.24) is 5.16 Å². The number of hydrogen-bond donors (Lipinski definition) is 1. The lowest BCUT2D eigenvalue weighted by atomic mass is 10.1. The highest BCUT2D eigenvalue weighted by molar-refractivity contribution is 9.10. The molecule has 106 valence electrons. The minimum Gasteiger partial charge on any atom is -0.486 e. The van der Waals surface area contributed by atoms with Crippen LogP contribution in [0.3, 0.4) is 0 Å². The fourth-order valence-electron chi connectivity index (χ4n) is 2.08. The zero-order valence-electron chi connectivity index (χ0n) is 10.8. The molecule has 6 heteroatoms. The Bertz CT molecular complexity index is 611. The molecule has 1 aliphatic heterocycles. The fourth-order valence-corrected chi connectivity index (χ4v) is 2.64. The molecule has 1 aromatic carbocycles. The van der Waals surface area contributed by atoms with Crippen molar-refractivity contribution in [2.45, 2.75) is 12.8 Å². The molecule has 0 unspecified atom stereocenters. The van der Waals surface area contributed by atoms with Gasteiger partial charge in [-0.3, -0.25) is 0 Å². The highest BCUT2D eigenvalue weighted by Crippen LogP contribution is 2.41. The van der Waals surface area contributed by atoms with Crippen LogP contribution >= 0.6 is 15.9 Å². The molecule has 0 atom stereocenters. The number of nitrogens with zero attached hydrogens (tertiary/aromatic N) is 1. The Morgan fingerprint density at radius 3 is 2.90 bits per heavy atom. The van der Waals surface area contributed by atoms with Gasteiger partial charge >= 0.3 is 0 Å². The molecule has 2 aromatic rings. The van der Waals surface area contributed by atoms with Crippen LogP contribution in [0.1, 0.15) is 12.2 Å². The second-order valence-electron chi connectivity index (χ2n) is 4.49. The Labute approximate surface area is 124 Å². The van der Waals surface area contributed by atoms with E-state index in [2.05, 4.69) is 21.1 Å². The van der Waals surface area contributed by atoms with Gasteiger partial charge in [-0.25, -0.2) is 0 Å². The van der Waals surface area contributed by atoms with Gasteiger partial charge in [0.25, 0.3) is 0 Å². The molecular weight excluding hydrogens is 326 g/mol. The molecule has 1 N–H and O–H groups in total. The van der Waals surface area contributed by atoms with Gasteiger partial charge in [0.1, 0.15) is 24.7 Å². The predicted octanol–water partition coefficient (Wildman–Crippen LogP) is 2.80. The van der Waals surface area contributed by atoms with Gasteiger partial charge in [0, 0.05) is 24.7 Å². The van der Waals surface area contributed by atoms with Crippen molar-refractivity contribution in [3.63, 3.8) is 0 Å². The molecule has 0 radical (unpaired) electrons. The zero-order valence-corrected chi connectivity index (χ0v) is 12.4. The van der Waals surface area contributed by atoms with Crippen molar-refractivity contribution in [3.05, 3.63) is 28.4 Å². The van der Waals surface area contributed by atoms with Gasteiger partial charge in [0.15, 0.2) is 11.5 Å². The number of aromatic nitrogens is 1. The Kier molecular flexibility index (Phi) is 3.93. The summed E-state index contributed by atoms with van der Waals surface area (Å²) in [6.45, 7) is 1.25. The monoisotopic (exact) mass is 339 g/mol. The Morgan fingerprint density at radius 2 is 2.05 bits per heavy atom. The first-order valence-electron chi connectivity index (χ1n) is 6.44. The summed E-state index contributed by atoms with van der Waals surface area (Å²) in [6.07, 6.45) is 1.34. The molecule has 1 aromatic heterocycles. The van der Waals surface area contributed by atoms with Crippen LogP contribution in [0.25, 0.3) is 11.3 Å². The Hall–Kier alpha value is -1.53. The van der Waals surface area contributed by atoms with Crippen LogP contribution in [0, 0.1) is 0 Å². The number of aryl methyl sites for hydroxylation is 1. The maximum Gasteiger partial charge on any atom is 0.175 e. The molecule has 0 saturated carbocycles. The van der Waals surface area contributed by atoms with Gasteiger partial charge in [-0.2, -0.15) is 0 Å². The van der Waals surface area contributed by atoms with Crippen LogP contribution in [0.2, 0.25) is 0 Å². The van der Waals surface area contributed by atoms with Crippen LogP contribution in [-0.2, 0) is 6.42 Å². The van der Waals surface area contributed by atoms with E-state index in [1.807, 2.05) is 18.2 Å². The molecule has 0 spiro atoms. The van der Waals surface area contributed by atoms with Crippen molar-refractivity contribution < 1.29 is 19.1 Å². The van der Waals surface area contributed by atoms with E-state index < -0.39 is 0 Å². The first-order chi connectivity index (χ1) is 9.78. The molecule has 20 heavy (non-hydrogen) atoms. The van der Waals surface area contributed by atoms with Gasteiger partial charge in [0.05, 0.1) is 4.47 Å². The lowest BCUT2D eigenvalue weighted by molar-refractivity contribution is 0.170. The third-order valence-corrected chi connectivity index (χ3v) is 3.62. The van der Waals surface area contributed by atoms with Gasteiger partial charge < -0.3 is 19.1 Å². The first-order valence-corrected chi connectivity index (χ1v) is 7.23. The topological polar surface area (TPSA) is 64.7 Å². The SMILES string of the molecule is OCCCc1cc(-c2cc(Br)c3c(c2)OCCO3)no1. The molecule has 3 rings (SSSR count). The highest BCUT2D eigenvalue weighted by atomic mass is 79.9. The summed E-state index contributed by atoms with van der Waals surface area (Å²) >= 11 is 3.48. The second-order valence-corrected chi connectivity index (χ2v) is 5.34. The molecule has 0 fully saturated rings. The number of aliphatic hydroxyl groups excluding tert-OH is 1. The van der Waals surface area contributed by atoms with Crippen molar-refractivity contribution in [1.29, 1.82) is 0 Å². The van der Waals surface area contributed by atoms with E-state index in [4.69, 9.17) is 19.1 Å². The average Bonchev–Trinajstić information content (AvgIpc) is 2.94. The summed E-state index contributed by atoms with van der Waals surface area (Å²) < 4.78 is 17.2. The quantitative estimate of drug-likeness (QED) is 0.927. The normalized spacial score (nSPS) is 13.5. The van der Waals surface area contributed by atoms with E-state index in [9.17, 15) is 0 Å². The molecule has 1 aliphatic rings. The minimum atomic E-state index is 0.144. The largest absolute Gasteiger partial charge is 0.486 e. The molecular formula is C14H14BrNO4. The van der Waals surface area contributed by atoms with E-state index in [-0.39, 0.29) is 6.61 Å². The van der Waals surface area contributed by atoms with E-state index in [0.29, 0.717) is 31.8 Å². The van der Waals surface area contributed by atoms with Crippen LogP contribution in [0.15, 0.2) is 27.2 Å². The maximum atomic E-state index is 8.82. The minimum absolute atomic E-state index is 0.144. The lowest BCUT2D eigenvalue weighted by Gasteiger charge is -2.20. The first kappa shape index (κ1) is 13.5. The second kappa shape index (κ2) is 5.85. The van der Waals surface area contributed by atoms with Crippen molar-refractivity contribution in [2.75, 3.05) is 19.8 Å². The maximum absolute atomic E-state index is 8.82. The van der Waals surface area contributed by atoms with E-state index in [0.717, 1.165) is 27.2 Å². The van der Waals surface area contributed by atoms with Gasteiger partial charge in [-0.05, 0) is 34.5 Å². The molecule has 0 saturated heterocycles. The van der Waals surface area contributed by atoms with Gasteiger partial charge in [0.2, 0.25) is 0 Å². The highest BCUT2D eigenvalue weighted by Gasteiger charge is 2.18. The van der Waals surface area contributed by atoms with E-state index >= 15 is 0 Å². The number of hydrogen-bond acceptors (Lipinski definition) is 5. The van der Waals surface area contributed by atoms with E-state index in [1.165, 1.54) is 0 Å². The smallest absolute Gasteiger partial charge is 0.175 e. The number of benzene rings is 1. The Balaban J connectivity index is 1.90. The average molecular weight is 340 g/mol. The number of ether oxygens (including phenoxy) is 2. The summed E-state index contributed by atoms with van der Waals surface area (Å²) in [5.41, 5.74) is 1.65. The number of rotatable bonds is 4. The summed E-state index contributed by atoms with van der Waals surface area (Å²) in [5, 5.41) is 12.9.